The summed E-state index contributed by atoms with van der Waals surface area (Å²) in [7, 11) is 0. The van der Waals surface area contributed by atoms with E-state index >= 15 is 0 Å². The number of nitrogens with one attached hydrogen (secondary N) is 1. The molecule has 5 nitrogen and oxygen atoms in total. The van der Waals surface area contributed by atoms with E-state index < -0.39 is 0 Å². The van der Waals surface area contributed by atoms with Gasteiger partial charge in [0, 0.05) is 32.8 Å². The maximum atomic E-state index is 5.82. The van der Waals surface area contributed by atoms with Crippen molar-refractivity contribution in [2.24, 2.45) is 16.6 Å². The van der Waals surface area contributed by atoms with Gasteiger partial charge in [0.05, 0.1) is 0 Å². The van der Waals surface area contributed by atoms with Gasteiger partial charge in [0.15, 0.2) is 5.96 Å². The summed E-state index contributed by atoms with van der Waals surface area (Å²) in [5.74, 6) is 1.44. The third-order valence-electron chi connectivity index (χ3n) is 3.88. The minimum Gasteiger partial charge on any atom is -0.382 e. The van der Waals surface area contributed by atoms with E-state index in [1.54, 1.807) is 0 Å². The lowest BCUT2D eigenvalue weighted by Crippen LogP contribution is -2.36. The topological polar surface area (TPSA) is 62.9 Å². The molecule has 0 bridgehead atoms. The summed E-state index contributed by atoms with van der Waals surface area (Å²) in [6.07, 6.45) is 6.08. The minimum atomic E-state index is 0.568. The molecule has 1 heterocycles. The fourth-order valence-electron chi connectivity index (χ4n) is 2.73. The zero-order valence-electron chi connectivity index (χ0n) is 13.9. The Bertz CT molecular complexity index is 283. The molecule has 0 saturated carbocycles. The Morgan fingerprint density at radius 3 is 3.00 bits per heavy atom. The standard InChI is InChI=1S/C16H34N4O/c1-3-21-13-7-10-19-16(17)18-9-4-5-11-20-12-6-8-15(2)14-20/h15H,3-14H2,1-2H3,(H3,17,18,19). The van der Waals surface area contributed by atoms with Gasteiger partial charge in [-0.3, -0.25) is 4.99 Å². The molecule has 0 aromatic heterocycles. The number of unbranched alkanes of at least 4 members (excludes halogenated alkanes) is 1. The van der Waals surface area contributed by atoms with Gasteiger partial charge in [-0.25, -0.2) is 0 Å². The van der Waals surface area contributed by atoms with E-state index in [0.29, 0.717) is 5.96 Å². The van der Waals surface area contributed by atoms with Crippen LogP contribution in [0.3, 0.4) is 0 Å². The highest BCUT2D eigenvalue weighted by atomic mass is 16.5. The average Bonchev–Trinajstić information content (AvgIpc) is 2.47. The number of piperidine rings is 1. The van der Waals surface area contributed by atoms with Crippen molar-refractivity contribution in [3.8, 4) is 0 Å². The molecule has 0 spiro atoms. The first-order valence-corrected chi connectivity index (χ1v) is 8.56. The van der Waals surface area contributed by atoms with Crippen molar-refractivity contribution in [2.75, 3.05) is 45.9 Å². The van der Waals surface area contributed by atoms with Crippen molar-refractivity contribution >= 4 is 5.96 Å². The summed E-state index contributed by atoms with van der Waals surface area (Å²) in [4.78, 5) is 6.88. The molecule has 0 amide bonds. The third-order valence-corrected chi connectivity index (χ3v) is 3.88. The lowest BCUT2D eigenvalue weighted by Gasteiger charge is -2.30. The summed E-state index contributed by atoms with van der Waals surface area (Å²) in [5, 5.41) is 3.19. The van der Waals surface area contributed by atoms with Crippen LogP contribution in [0.2, 0.25) is 0 Å². The van der Waals surface area contributed by atoms with Gasteiger partial charge in [0.25, 0.3) is 0 Å². The number of nitrogens with zero attached hydrogens (tertiary/aromatic N) is 2. The number of rotatable bonds is 10. The number of hydrogen-bond donors (Lipinski definition) is 2. The molecule has 1 aliphatic heterocycles. The van der Waals surface area contributed by atoms with Crippen molar-refractivity contribution in [1.29, 1.82) is 0 Å². The Kier molecular flexibility index (Phi) is 10.3. The van der Waals surface area contributed by atoms with Crippen LogP contribution in [0, 0.1) is 5.92 Å². The average molecular weight is 298 g/mol. The molecule has 1 rings (SSSR count). The summed E-state index contributed by atoms with van der Waals surface area (Å²) < 4.78 is 5.26. The van der Waals surface area contributed by atoms with Gasteiger partial charge in [0.1, 0.15) is 0 Å². The molecule has 1 saturated heterocycles. The highest BCUT2D eigenvalue weighted by Crippen LogP contribution is 2.15. The molecule has 0 aromatic rings. The lowest BCUT2D eigenvalue weighted by molar-refractivity contribution is 0.146. The van der Waals surface area contributed by atoms with E-state index in [4.69, 9.17) is 10.5 Å². The molecule has 0 radical (unpaired) electrons. The highest BCUT2D eigenvalue weighted by molar-refractivity contribution is 5.77. The normalized spacial score (nSPS) is 20.7. The van der Waals surface area contributed by atoms with Crippen LogP contribution in [-0.2, 0) is 4.74 Å². The molecule has 1 unspecified atom stereocenters. The Balaban J connectivity index is 1.94. The highest BCUT2D eigenvalue weighted by Gasteiger charge is 2.15. The van der Waals surface area contributed by atoms with Crippen LogP contribution in [-0.4, -0.2) is 56.8 Å². The molecule has 5 heteroatoms. The van der Waals surface area contributed by atoms with E-state index in [0.717, 1.165) is 45.1 Å². The largest absolute Gasteiger partial charge is 0.382 e. The van der Waals surface area contributed by atoms with Crippen LogP contribution in [0.25, 0.3) is 0 Å². The molecule has 0 aliphatic carbocycles. The van der Waals surface area contributed by atoms with Crippen LogP contribution in [0.5, 0.6) is 0 Å². The maximum Gasteiger partial charge on any atom is 0.188 e. The maximum absolute atomic E-state index is 5.82. The molecule has 3 N–H and O–H groups in total. The first-order chi connectivity index (χ1) is 10.2. The molecular formula is C16H34N4O. The van der Waals surface area contributed by atoms with Crippen molar-refractivity contribution < 1.29 is 4.74 Å². The molecule has 21 heavy (non-hydrogen) atoms. The second-order valence-corrected chi connectivity index (χ2v) is 6.00. The quantitative estimate of drug-likeness (QED) is 0.367. The number of guanidine groups is 1. The zero-order chi connectivity index (χ0) is 15.3. The van der Waals surface area contributed by atoms with Crippen LogP contribution in [0.15, 0.2) is 4.99 Å². The van der Waals surface area contributed by atoms with Gasteiger partial charge in [-0.15, -0.1) is 0 Å². The Morgan fingerprint density at radius 1 is 1.38 bits per heavy atom. The molecular weight excluding hydrogens is 264 g/mol. The monoisotopic (exact) mass is 298 g/mol. The van der Waals surface area contributed by atoms with Crippen molar-refractivity contribution in [3.05, 3.63) is 0 Å². The number of ether oxygens (including phenoxy) is 1. The Hall–Kier alpha value is -0.810. The minimum absolute atomic E-state index is 0.568. The van der Waals surface area contributed by atoms with E-state index in [1.165, 1.54) is 38.9 Å². The number of likely N-dealkylation sites (tertiary alicyclic amines) is 1. The van der Waals surface area contributed by atoms with Crippen molar-refractivity contribution in [1.82, 2.24) is 10.2 Å². The summed E-state index contributed by atoms with van der Waals surface area (Å²) >= 11 is 0. The number of aliphatic imine (C=N–C) groups is 1. The summed E-state index contributed by atoms with van der Waals surface area (Å²) in [6, 6.07) is 0. The van der Waals surface area contributed by atoms with Gasteiger partial charge in [-0.1, -0.05) is 6.92 Å². The Labute approximate surface area is 130 Å². The van der Waals surface area contributed by atoms with E-state index in [9.17, 15) is 0 Å². The van der Waals surface area contributed by atoms with Crippen molar-refractivity contribution in [3.63, 3.8) is 0 Å². The fraction of sp³-hybridized carbons (Fsp3) is 0.938. The van der Waals surface area contributed by atoms with Crippen LogP contribution < -0.4 is 11.1 Å². The van der Waals surface area contributed by atoms with Gasteiger partial charge < -0.3 is 20.7 Å². The molecule has 1 aliphatic rings. The summed E-state index contributed by atoms with van der Waals surface area (Å²) in [6.45, 7) is 11.3. The van der Waals surface area contributed by atoms with Gasteiger partial charge in [-0.2, -0.15) is 0 Å². The predicted octanol–water partition coefficient (Wildman–Crippen LogP) is 1.83. The first kappa shape index (κ1) is 18.2. The molecule has 1 fully saturated rings. The van der Waals surface area contributed by atoms with E-state index in [-0.39, 0.29) is 0 Å². The molecule has 0 aromatic carbocycles. The van der Waals surface area contributed by atoms with Crippen LogP contribution in [0.4, 0.5) is 0 Å². The lowest BCUT2D eigenvalue weighted by atomic mass is 10.0. The van der Waals surface area contributed by atoms with E-state index in [1.807, 2.05) is 6.92 Å². The second-order valence-electron chi connectivity index (χ2n) is 6.00. The van der Waals surface area contributed by atoms with Gasteiger partial charge in [-0.05, 0) is 58.0 Å². The molecule has 1 atom stereocenters. The SMILES string of the molecule is CCOCCCN=C(N)NCCCCN1CCCC(C)C1. The fourth-order valence-corrected chi connectivity index (χ4v) is 2.73. The van der Waals surface area contributed by atoms with Crippen LogP contribution >= 0.6 is 0 Å². The van der Waals surface area contributed by atoms with Crippen LogP contribution in [0.1, 0.15) is 46.0 Å². The summed E-state index contributed by atoms with van der Waals surface area (Å²) in [5.41, 5.74) is 5.82. The van der Waals surface area contributed by atoms with Gasteiger partial charge in [0.2, 0.25) is 0 Å². The second kappa shape index (κ2) is 11.8. The Morgan fingerprint density at radius 2 is 2.24 bits per heavy atom. The first-order valence-electron chi connectivity index (χ1n) is 8.56. The van der Waals surface area contributed by atoms with E-state index in [2.05, 4.69) is 22.1 Å². The predicted molar refractivity (Wildman–Crippen MR) is 89.7 cm³/mol. The number of nitrogens with two attached hydrogens (primary N) is 1. The smallest absolute Gasteiger partial charge is 0.188 e. The number of hydrogen-bond acceptors (Lipinski definition) is 3. The molecule has 124 valence electrons. The third kappa shape index (κ3) is 9.69. The van der Waals surface area contributed by atoms with Gasteiger partial charge >= 0.3 is 0 Å². The zero-order valence-corrected chi connectivity index (χ0v) is 13.9. The van der Waals surface area contributed by atoms with Crippen molar-refractivity contribution in [2.45, 2.75) is 46.0 Å².